The molecule has 24 heavy (non-hydrogen) atoms. The molecule has 10 heteroatoms. The summed E-state index contributed by atoms with van der Waals surface area (Å²) in [5.41, 5.74) is 0. The monoisotopic (exact) mass is 347 g/mol. The molecule has 1 aliphatic rings. The first-order valence-corrected chi connectivity index (χ1v) is 7.20. The zero-order chi connectivity index (χ0) is 18.4. The van der Waals surface area contributed by atoms with Crippen LogP contribution in [0.2, 0.25) is 0 Å². The maximum atomic E-state index is 11.4. The van der Waals surface area contributed by atoms with Gasteiger partial charge in [0, 0.05) is 27.7 Å². The molecule has 1 saturated heterocycles. The zero-order valence-electron chi connectivity index (χ0n) is 13.8. The van der Waals surface area contributed by atoms with Gasteiger partial charge < -0.3 is 29.4 Å². The van der Waals surface area contributed by atoms with Gasteiger partial charge in [-0.1, -0.05) is 0 Å². The van der Waals surface area contributed by atoms with E-state index in [-0.39, 0.29) is 6.61 Å². The molecule has 5 atom stereocenters. The maximum Gasteiger partial charge on any atom is 0.305 e. The van der Waals surface area contributed by atoms with Crippen LogP contribution in [0.25, 0.3) is 0 Å². The third-order valence-corrected chi connectivity index (χ3v) is 3.08. The Balaban J connectivity index is 3.07. The number of hydrogen-bond donors (Lipinski definition) is 2. The van der Waals surface area contributed by atoms with Crippen molar-refractivity contribution in [2.75, 3.05) is 6.61 Å². The fourth-order valence-electron chi connectivity index (χ4n) is 2.24. The van der Waals surface area contributed by atoms with Gasteiger partial charge in [-0.3, -0.25) is 19.2 Å². The van der Waals surface area contributed by atoms with Crippen LogP contribution < -0.4 is 5.32 Å². The second kappa shape index (κ2) is 8.60. The highest BCUT2D eigenvalue weighted by molar-refractivity contribution is 5.74. The van der Waals surface area contributed by atoms with E-state index in [1.165, 1.54) is 13.8 Å². The van der Waals surface area contributed by atoms with Crippen LogP contribution in [-0.4, -0.2) is 66.2 Å². The molecule has 10 nitrogen and oxygen atoms in total. The molecule has 0 aromatic heterocycles. The van der Waals surface area contributed by atoms with Crippen molar-refractivity contribution >= 4 is 23.8 Å². The Bertz CT molecular complexity index is 506. The molecule has 2 N–H and O–H groups in total. The van der Waals surface area contributed by atoms with Gasteiger partial charge in [0.25, 0.3) is 0 Å². The second-order valence-corrected chi connectivity index (χ2v) is 5.25. The Labute approximate surface area is 138 Å². The van der Waals surface area contributed by atoms with Gasteiger partial charge in [-0.15, -0.1) is 0 Å². The van der Waals surface area contributed by atoms with Crippen LogP contribution in [0.4, 0.5) is 0 Å². The summed E-state index contributed by atoms with van der Waals surface area (Å²) >= 11 is 0. The fraction of sp³-hybridized carbons (Fsp3) is 0.714. The molecule has 1 rings (SSSR count). The number of esters is 3. The standard InChI is InChI=1S/C14H21NO9/c1-6(16)15-11-13(22-8(3)18)12(20)10(5-21-7(2)17)24-14(11)23-9(4)19/h10-14,20H,5H2,1-4H3,(H,15,16)/t10?,11?,12-,13?,14?/m1/s1. The average Bonchev–Trinajstić information content (AvgIpc) is 2.42. The van der Waals surface area contributed by atoms with Crippen molar-refractivity contribution in [2.45, 2.75) is 58.3 Å². The van der Waals surface area contributed by atoms with Crippen molar-refractivity contribution in [3.05, 3.63) is 0 Å². The summed E-state index contributed by atoms with van der Waals surface area (Å²) in [6.45, 7) is 4.27. The van der Waals surface area contributed by atoms with E-state index in [1.807, 2.05) is 0 Å². The first kappa shape index (κ1) is 19.8. The number of rotatable bonds is 5. The number of nitrogens with one attached hydrogen (secondary N) is 1. The molecule has 1 aliphatic heterocycles. The van der Waals surface area contributed by atoms with Gasteiger partial charge in [-0.25, -0.2) is 0 Å². The van der Waals surface area contributed by atoms with Crippen LogP contribution in [0.1, 0.15) is 27.7 Å². The number of amides is 1. The summed E-state index contributed by atoms with van der Waals surface area (Å²) < 4.78 is 20.2. The van der Waals surface area contributed by atoms with Crippen molar-refractivity contribution < 1.29 is 43.2 Å². The van der Waals surface area contributed by atoms with Crippen LogP contribution >= 0.6 is 0 Å². The largest absolute Gasteiger partial charge is 0.463 e. The van der Waals surface area contributed by atoms with E-state index in [0.29, 0.717) is 0 Å². The van der Waals surface area contributed by atoms with E-state index in [1.54, 1.807) is 0 Å². The van der Waals surface area contributed by atoms with E-state index in [0.717, 1.165) is 13.8 Å². The van der Waals surface area contributed by atoms with Gasteiger partial charge in [0.2, 0.25) is 12.2 Å². The third-order valence-electron chi connectivity index (χ3n) is 3.08. The van der Waals surface area contributed by atoms with Crippen molar-refractivity contribution in [2.24, 2.45) is 0 Å². The van der Waals surface area contributed by atoms with Crippen molar-refractivity contribution in [3.63, 3.8) is 0 Å². The third kappa shape index (κ3) is 5.78. The van der Waals surface area contributed by atoms with Gasteiger partial charge in [0.1, 0.15) is 24.9 Å². The molecule has 0 radical (unpaired) electrons. The van der Waals surface area contributed by atoms with Gasteiger partial charge in [0.05, 0.1) is 0 Å². The molecule has 0 bridgehead atoms. The van der Waals surface area contributed by atoms with Crippen LogP contribution in [-0.2, 0) is 38.1 Å². The zero-order valence-corrected chi connectivity index (χ0v) is 13.8. The predicted octanol–water partition coefficient (Wildman–Crippen LogP) is -1.37. The summed E-state index contributed by atoms with van der Waals surface area (Å²) in [4.78, 5) is 44.9. The van der Waals surface area contributed by atoms with Crippen molar-refractivity contribution in [1.82, 2.24) is 5.32 Å². The number of aliphatic hydroxyl groups is 1. The van der Waals surface area contributed by atoms with E-state index in [9.17, 15) is 24.3 Å². The Morgan fingerprint density at radius 2 is 1.58 bits per heavy atom. The topological polar surface area (TPSA) is 137 Å². The van der Waals surface area contributed by atoms with Crippen LogP contribution in [0.5, 0.6) is 0 Å². The molecular formula is C14H21NO9. The minimum absolute atomic E-state index is 0.348. The van der Waals surface area contributed by atoms with E-state index in [2.05, 4.69) is 5.32 Å². The smallest absolute Gasteiger partial charge is 0.305 e. The summed E-state index contributed by atoms with van der Waals surface area (Å²) in [6, 6.07) is -1.13. The molecule has 0 aromatic rings. The molecular weight excluding hydrogens is 326 g/mol. The highest BCUT2D eigenvalue weighted by atomic mass is 16.7. The molecule has 136 valence electrons. The van der Waals surface area contributed by atoms with Crippen LogP contribution in [0, 0.1) is 0 Å². The summed E-state index contributed by atoms with van der Waals surface area (Å²) in [5.74, 6) is -2.55. The lowest BCUT2D eigenvalue weighted by molar-refractivity contribution is -0.267. The summed E-state index contributed by atoms with van der Waals surface area (Å²) in [6.07, 6.45) is -5.13. The van der Waals surface area contributed by atoms with Gasteiger partial charge in [0.15, 0.2) is 6.10 Å². The number of carbonyl (C=O) groups excluding carboxylic acids is 4. The second-order valence-electron chi connectivity index (χ2n) is 5.25. The number of carbonyl (C=O) groups is 4. The molecule has 1 heterocycles. The van der Waals surface area contributed by atoms with Gasteiger partial charge in [-0.05, 0) is 0 Å². The lowest BCUT2D eigenvalue weighted by Crippen LogP contribution is -2.66. The SMILES string of the molecule is CC(=O)NC1C(OC(C)=O)OC(COC(C)=O)[C@@H](O)C1OC(C)=O. The first-order chi connectivity index (χ1) is 11.1. The highest BCUT2D eigenvalue weighted by Gasteiger charge is 2.49. The Kier molecular flexibility index (Phi) is 7.11. The Hall–Kier alpha value is -2.20. The quantitative estimate of drug-likeness (QED) is 0.456. The minimum atomic E-state index is -1.42. The van der Waals surface area contributed by atoms with E-state index < -0.39 is 54.5 Å². The summed E-state index contributed by atoms with van der Waals surface area (Å²) in [5, 5.41) is 12.8. The maximum absolute atomic E-state index is 11.4. The molecule has 0 aliphatic carbocycles. The number of ether oxygens (including phenoxy) is 4. The van der Waals surface area contributed by atoms with Crippen molar-refractivity contribution in [1.29, 1.82) is 0 Å². The fourth-order valence-corrected chi connectivity index (χ4v) is 2.24. The highest BCUT2D eigenvalue weighted by Crippen LogP contribution is 2.25. The van der Waals surface area contributed by atoms with Gasteiger partial charge in [-0.2, -0.15) is 0 Å². The predicted molar refractivity (Wildman–Crippen MR) is 76.2 cm³/mol. The molecule has 0 saturated carbocycles. The molecule has 0 spiro atoms. The van der Waals surface area contributed by atoms with E-state index >= 15 is 0 Å². The van der Waals surface area contributed by atoms with Crippen molar-refractivity contribution in [3.8, 4) is 0 Å². The van der Waals surface area contributed by atoms with E-state index in [4.69, 9.17) is 18.9 Å². The molecule has 1 fully saturated rings. The van der Waals surface area contributed by atoms with Crippen LogP contribution in [0.15, 0.2) is 0 Å². The Morgan fingerprint density at radius 3 is 2.04 bits per heavy atom. The minimum Gasteiger partial charge on any atom is -0.463 e. The van der Waals surface area contributed by atoms with Gasteiger partial charge >= 0.3 is 17.9 Å². The lowest BCUT2D eigenvalue weighted by Gasteiger charge is -2.43. The molecule has 0 aromatic carbocycles. The average molecular weight is 347 g/mol. The summed E-state index contributed by atoms with van der Waals surface area (Å²) in [7, 11) is 0. The van der Waals surface area contributed by atoms with Crippen LogP contribution in [0.3, 0.4) is 0 Å². The number of aliphatic hydroxyl groups excluding tert-OH is 1. The Morgan fingerprint density at radius 1 is 1.00 bits per heavy atom. The molecule has 4 unspecified atom stereocenters. The normalized spacial score (nSPS) is 29.3. The lowest BCUT2D eigenvalue weighted by atomic mass is 9.96. The molecule has 1 amide bonds. The first-order valence-electron chi connectivity index (χ1n) is 7.20. The number of hydrogen-bond acceptors (Lipinski definition) is 9.